The molecule has 0 aliphatic carbocycles. The van der Waals surface area contributed by atoms with Crippen molar-refractivity contribution >= 4 is 23.5 Å². The van der Waals surface area contributed by atoms with E-state index in [1.807, 2.05) is 23.5 Å². The van der Waals surface area contributed by atoms with E-state index in [9.17, 15) is 0 Å². The van der Waals surface area contributed by atoms with Crippen LogP contribution in [-0.2, 0) is 0 Å². The van der Waals surface area contributed by atoms with Crippen molar-refractivity contribution in [3.05, 3.63) is 24.3 Å². The van der Waals surface area contributed by atoms with Crippen molar-refractivity contribution < 1.29 is 0 Å². The highest BCUT2D eigenvalue weighted by Gasteiger charge is 1.83. The summed E-state index contributed by atoms with van der Waals surface area (Å²) in [6, 6.07) is 0. The van der Waals surface area contributed by atoms with Crippen LogP contribution >= 0.6 is 23.5 Å². The Morgan fingerprint density at radius 3 is 1.73 bits per heavy atom. The molecule has 0 fully saturated rings. The van der Waals surface area contributed by atoms with E-state index >= 15 is 0 Å². The van der Waals surface area contributed by atoms with Gasteiger partial charge >= 0.3 is 0 Å². The summed E-state index contributed by atoms with van der Waals surface area (Å²) in [5, 5.41) is 1.20. The molecule has 0 heterocycles. The number of rotatable bonds is 6. The lowest BCUT2D eigenvalue weighted by atomic mass is 10.6. The van der Waals surface area contributed by atoms with Crippen LogP contribution in [0, 0.1) is 0 Å². The van der Waals surface area contributed by atoms with Gasteiger partial charge in [-0.2, -0.15) is 0 Å². The van der Waals surface area contributed by atoms with Gasteiger partial charge in [0, 0.05) is 16.6 Å². The molecule has 0 saturated carbocycles. The van der Waals surface area contributed by atoms with Gasteiger partial charge in [-0.1, -0.05) is 24.3 Å². The quantitative estimate of drug-likeness (QED) is 0.355. The fourth-order valence-corrected chi connectivity index (χ4v) is 2.38. The van der Waals surface area contributed by atoms with Gasteiger partial charge in [0.05, 0.1) is 0 Å². The molecular weight excluding hydrogens is 172 g/mol. The zero-order valence-electron chi connectivity index (χ0n) is 7.25. The molecule has 0 radical (unpaired) electrons. The van der Waals surface area contributed by atoms with Crippen LogP contribution in [0.4, 0.5) is 0 Å². The minimum atomic E-state index is 1.15. The van der Waals surface area contributed by atoms with Crippen LogP contribution in [0.15, 0.2) is 24.3 Å². The second-order valence-electron chi connectivity index (χ2n) is 2.00. The van der Waals surface area contributed by atoms with Crippen LogP contribution in [-0.4, -0.2) is 16.6 Å². The summed E-state index contributed by atoms with van der Waals surface area (Å²) >= 11 is 3.94. The molecule has 0 nitrogen and oxygen atoms in total. The molecule has 0 unspecified atom stereocenters. The maximum atomic E-state index is 2.20. The fourth-order valence-electron chi connectivity index (χ4n) is 0.484. The van der Waals surface area contributed by atoms with Gasteiger partial charge in [0.1, 0.15) is 0 Å². The highest BCUT2D eigenvalue weighted by molar-refractivity contribution is 8.16. The minimum Gasteiger partial charge on any atom is -0.147 e. The van der Waals surface area contributed by atoms with Gasteiger partial charge in [-0.3, -0.25) is 0 Å². The average molecular weight is 188 g/mol. The molecule has 0 saturated heterocycles. The molecule has 2 heteroatoms. The topological polar surface area (TPSA) is 0 Å². The number of hydrogen-bond acceptors (Lipinski definition) is 2. The Kier molecular flexibility index (Phi) is 10.3. The Labute approximate surface area is 78.5 Å². The molecule has 0 atom stereocenters. The lowest BCUT2D eigenvalue weighted by Gasteiger charge is -1.94. The van der Waals surface area contributed by atoms with Gasteiger partial charge in [-0.15, -0.1) is 23.5 Å². The summed E-state index contributed by atoms with van der Waals surface area (Å²) in [4.78, 5) is 0. The van der Waals surface area contributed by atoms with E-state index in [1.165, 1.54) is 5.08 Å². The van der Waals surface area contributed by atoms with E-state index in [4.69, 9.17) is 0 Å². The summed E-state index contributed by atoms with van der Waals surface area (Å²) < 4.78 is 0. The zero-order chi connectivity index (χ0) is 8.36. The van der Waals surface area contributed by atoms with Crippen LogP contribution in [0.5, 0.6) is 0 Å². The van der Waals surface area contributed by atoms with E-state index in [0.29, 0.717) is 0 Å². The van der Waals surface area contributed by atoms with E-state index in [2.05, 4.69) is 38.2 Å². The second kappa shape index (κ2) is 10.2. The summed E-state index contributed by atoms with van der Waals surface area (Å²) in [7, 11) is 0. The third kappa shape index (κ3) is 10.2. The van der Waals surface area contributed by atoms with Crippen molar-refractivity contribution in [2.75, 3.05) is 16.6 Å². The van der Waals surface area contributed by atoms with E-state index in [1.54, 1.807) is 0 Å². The van der Waals surface area contributed by atoms with Gasteiger partial charge in [0.15, 0.2) is 0 Å². The molecule has 0 rings (SSSR count). The van der Waals surface area contributed by atoms with Crippen molar-refractivity contribution in [2.24, 2.45) is 0 Å². The molecule has 0 aliphatic rings. The standard InChI is InChI=1S/C9H16S2/c1-3-5-7-10-9-11-8-6-4-2/h3-6H,7-9H2,1-2H3. The fraction of sp³-hybridized carbons (Fsp3) is 0.556. The summed E-state index contributed by atoms with van der Waals surface area (Å²) in [6.45, 7) is 4.13. The average Bonchev–Trinajstić information content (AvgIpc) is 2.03. The smallest absolute Gasteiger partial charge is 0.0398 e. The van der Waals surface area contributed by atoms with Gasteiger partial charge in [0.25, 0.3) is 0 Å². The molecule has 0 aliphatic heterocycles. The Balaban J connectivity index is 2.90. The van der Waals surface area contributed by atoms with Crippen molar-refractivity contribution in [2.45, 2.75) is 13.8 Å². The largest absolute Gasteiger partial charge is 0.147 e. The summed E-state index contributed by atoms with van der Waals surface area (Å²) in [5.74, 6) is 2.30. The molecule has 0 aromatic heterocycles. The number of hydrogen-bond donors (Lipinski definition) is 0. The summed E-state index contributed by atoms with van der Waals surface area (Å²) in [6.07, 6.45) is 8.59. The highest BCUT2D eigenvalue weighted by atomic mass is 32.2. The van der Waals surface area contributed by atoms with Gasteiger partial charge in [-0.25, -0.2) is 0 Å². The molecule has 0 amide bonds. The van der Waals surface area contributed by atoms with Gasteiger partial charge < -0.3 is 0 Å². The normalized spacial score (nSPS) is 11.8. The zero-order valence-corrected chi connectivity index (χ0v) is 8.88. The van der Waals surface area contributed by atoms with Crippen molar-refractivity contribution in [1.82, 2.24) is 0 Å². The van der Waals surface area contributed by atoms with Crippen LogP contribution in [0.1, 0.15) is 13.8 Å². The Hall–Kier alpha value is 0.180. The molecule has 0 aromatic carbocycles. The third-order valence-electron chi connectivity index (χ3n) is 1.07. The SMILES string of the molecule is CC=CCSCSCC=CC. The first-order chi connectivity index (χ1) is 5.41. The molecule has 11 heavy (non-hydrogen) atoms. The molecule has 0 spiro atoms. The first-order valence-corrected chi connectivity index (χ1v) is 6.10. The Morgan fingerprint density at radius 2 is 1.36 bits per heavy atom. The predicted molar refractivity (Wildman–Crippen MR) is 59.4 cm³/mol. The van der Waals surface area contributed by atoms with Crippen LogP contribution < -0.4 is 0 Å². The summed E-state index contributed by atoms with van der Waals surface area (Å²) in [5.41, 5.74) is 0. The second-order valence-corrected chi connectivity index (χ2v) is 4.42. The van der Waals surface area contributed by atoms with Crippen molar-refractivity contribution in [1.29, 1.82) is 0 Å². The number of thioether (sulfide) groups is 2. The maximum Gasteiger partial charge on any atom is 0.0398 e. The van der Waals surface area contributed by atoms with Crippen LogP contribution in [0.2, 0.25) is 0 Å². The Bertz CT molecular complexity index is 103. The van der Waals surface area contributed by atoms with E-state index in [0.717, 1.165) is 11.5 Å². The van der Waals surface area contributed by atoms with E-state index in [-0.39, 0.29) is 0 Å². The van der Waals surface area contributed by atoms with Crippen LogP contribution in [0.25, 0.3) is 0 Å². The predicted octanol–water partition coefficient (Wildman–Crippen LogP) is 3.56. The van der Waals surface area contributed by atoms with Crippen LogP contribution in [0.3, 0.4) is 0 Å². The highest BCUT2D eigenvalue weighted by Crippen LogP contribution is 2.11. The van der Waals surface area contributed by atoms with Gasteiger partial charge in [-0.05, 0) is 13.8 Å². The van der Waals surface area contributed by atoms with E-state index < -0.39 is 0 Å². The first kappa shape index (κ1) is 11.2. The third-order valence-corrected chi connectivity index (χ3v) is 3.26. The van der Waals surface area contributed by atoms with Crippen molar-refractivity contribution in [3.63, 3.8) is 0 Å². The maximum absolute atomic E-state index is 2.20. The lowest BCUT2D eigenvalue weighted by Crippen LogP contribution is -1.75. The number of allylic oxidation sites excluding steroid dienone is 2. The molecule has 0 aromatic rings. The Morgan fingerprint density at radius 1 is 0.909 bits per heavy atom. The molecule has 0 N–H and O–H groups in total. The van der Waals surface area contributed by atoms with Gasteiger partial charge in [0.2, 0.25) is 0 Å². The first-order valence-electron chi connectivity index (χ1n) is 3.79. The van der Waals surface area contributed by atoms with Crippen molar-refractivity contribution in [3.8, 4) is 0 Å². The molecule has 0 bridgehead atoms. The molecular formula is C9H16S2. The monoisotopic (exact) mass is 188 g/mol. The minimum absolute atomic E-state index is 1.15. The molecule has 64 valence electrons. The lowest BCUT2D eigenvalue weighted by molar-refractivity contribution is 1.65.